The Hall–Kier alpha value is -1.28. The van der Waals surface area contributed by atoms with E-state index in [9.17, 15) is 16.8 Å². The summed E-state index contributed by atoms with van der Waals surface area (Å²) in [6.45, 7) is 0. The van der Waals surface area contributed by atoms with E-state index in [4.69, 9.17) is 5.73 Å². The van der Waals surface area contributed by atoms with Crippen LogP contribution in [-0.4, -0.2) is 29.3 Å². The molecule has 2 N–H and O–H groups in total. The second-order valence-corrected chi connectivity index (χ2v) is 7.21. The fraction of sp³-hybridized carbons (Fsp3) is 0.250. The molecule has 0 radical (unpaired) electrons. The van der Waals surface area contributed by atoms with Crippen molar-refractivity contribution >= 4 is 31.4 Å². The van der Waals surface area contributed by atoms with E-state index >= 15 is 0 Å². The van der Waals surface area contributed by atoms with Gasteiger partial charge in [0.25, 0.3) is 0 Å². The van der Waals surface area contributed by atoms with Crippen molar-refractivity contribution in [1.82, 2.24) is 0 Å². The summed E-state index contributed by atoms with van der Waals surface area (Å²) >= 11 is 0. The summed E-state index contributed by atoms with van der Waals surface area (Å²) in [5.41, 5.74) is 5.76. The fourth-order valence-corrected chi connectivity index (χ4v) is 4.23. The van der Waals surface area contributed by atoms with Crippen LogP contribution in [0.5, 0.6) is 0 Å². The third-order valence-electron chi connectivity index (χ3n) is 1.68. The first-order valence-corrected chi connectivity index (χ1v) is 7.88. The predicted octanol–water partition coefficient (Wildman–Crippen LogP) is -0.00560. The van der Waals surface area contributed by atoms with Crippen LogP contribution in [0.15, 0.2) is 24.3 Å². The van der Waals surface area contributed by atoms with E-state index in [1.165, 1.54) is 24.3 Å². The minimum absolute atomic E-state index is 0.00463. The lowest BCUT2D eigenvalue weighted by atomic mass is 10.3. The average Bonchev–Trinajstić information content (AvgIpc) is 1.97. The van der Waals surface area contributed by atoms with Crippen molar-refractivity contribution in [3.05, 3.63) is 24.3 Å². The largest absolute Gasteiger partial charge is 0.399 e. The second kappa shape index (κ2) is 3.95. The van der Waals surface area contributed by atoms with E-state index in [-0.39, 0.29) is 11.4 Å². The van der Waals surface area contributed by atoms with Crippen LogP contribution < -0.4 is 9.44 Å². The molecule has 0 aliphatic heterocycles. The molecule has 0 amide bonds. The smallest absolute Gasteiger partial charge is 0.245 e. The van der Waals surface area contributed by atoms with Crippen LogP contribution in [0.25, 0.3) is 0 Å². The summed E-state index contributed by atoms with van der Waals surface area (Å²) in [6.07, 6.45) is 1.63. The van der Waals surface area contributed by atoms with Gasteiger partial charge in [0, 0.05) is 5.69 Å². The molecule has 0 atom stereocenters. The van der Waals surface area contributed by atoms with Crippen molar-refractivity contribution in [1.29, 1.82) is 0 Å². The number of rotatable bonds is 3. The summed E-state index contributed by atoms with van der Waals surface area (Å²) < 4.78 is 45.9. The molecule has 0 fully saturated rings. The van der Waals surface area contributed by atoms with Crippen molar-refractivity contribution < 1.29 is 16.8 Å². The highest BCUT2D eigenvalue weighted by molar-refractivity contribution is 8.09. The highest BCUT2D eigenvalue weighted by Gasteiger charge is 2.26. The third kappa shape index (κ3) is 2.86. The van der Waals surface area contributed by atoms with Crippen LogP contribution >= 0.6 is 0 Å². The zero-order chi connectivity index (χ0) is 12.6. The Bertz CT molecular complexity index is 560. The monoisotopic (exact) mass is 264 g/mol. The molecule has 0 aliphatic carbocycles. The van der Waals surface area contributed by atoms with Gasteiger partial charge in [0.15, 0.2) is 0 Å². The molecule has 0 unspecified atom stereocenters. The Morgan fingerprint density at radius 2 is 1.56 bits per heavy atom. The first-order chi connectivity index (χ1) is 7.12. The van der Waals surface area contributed by atoms with Crippen molar-refractivity contribution in [2.45, 2.75) is 0 Å². The van der Waals surface area contributed by atoms with E-state index in [2.05, 4.69) is 0 Å². The minimum Gasteiger partial charge on any atom is -0.399 e. The minimum atomic E-state index is -3.90. The maximum absolute atomic E-state index is 11.4. The predicted molar refractivity (Wildman–Crippen MR) is 63.0 cm³/mol. The van der Waals surface area contributed by atoms with E-state index in [1.54, 1.807) is 0 Å². The summed E-state index contributed by atoms with van der Waals surface area (Å²) in [4.78, 5) is 0. The van der Waals surface area contributed by atoms with Crippen LogP contribution in [-0.2, 0) is 20.0 Å². The van der Waals surface area contributed by atoms with Gasteiger partial charge in [-0.25, -0.2) is 16.8 Å². The van der Waals surface area contributed by atoms with Crippen LogP contribution in [0.2, 0.25) is 0 Å². The SMILES string of the molecule is CS(=O)(=O)N(c1cccc(N)c1)S(C)(=O)=O. The van der Waals surface area contributed by atoms with Crippen LogP contribution in [0, 0.1) is 0 Å². The summed E-state index contributed by atoms with van der Waals surface area (Å²) in [7, 11) is -7.81. The Kier molecular flexibility index (Phi) is 3.15. The Morgan fingerprint density at radius 3 is 1.94 bits per heavy atom. The quantitative estimate of drug-likeness (QED) is 0.775. The van der Waals surface area contributed by atoms with Gasteiger partial charge in [-0.15, -0.1) is 0 Å². The van der Waals surface area contributed by atoms with Crippen LogP contribution in [0.3, 0.4) is 0 Å². The molecule has 90 valence electrons. The molecule has 1 aromatic rings. The number of sulfonamides is 2. The number of benzene rings is 1. The first-order valence-electron chi connectivity index (χ1n) is 4.18. The maximum Gasteiger partial charge on any atom is 0.245 e. The topological polar surface area (TPSA) is 97.5 Å². The molecular formula is C8H12N2O4S2. The van der Waals surface area contributed by atoms with Gasteiger partial charge in [0.1, 0.15) is 0 Å². The van der Waals surface area contributed by atoms with E-state index in [1.807, 2.05) is 0 Å². The maximum atomic E-state index is 11.4. The molecule has 1 rings (SSSR count). The van der Waals surface area contributed by atoms with Gasteiger partial charge in [-0.2, -0.15) is 3.71 Å². The van der Waals surface area contributed by atoms with Crippen LogP contribution in [0.1, 0.15) is 0 Å². The molecule has 0 spiro atoms. The van der Waals surface area contributed by atoms with E-state index in [0.29, 0.717) is 3.71 Å². The molecule has 8 heteroatoms. The molecule has 0 saturated heterocycles. The Morgan fingerprint density at radius 1 is 1.06 bits per heavy atom. The molecule has 0 bridgehead atoms. The summed E-state index contributed by atoms with van der Waals surface area (Å²) in [5.74, 6) is 0. The molecule has 0 saturated carbocycles. The van der Waals surface area contributed by atoms with Gasteiger partial charge < -0.3 is 5.73 Å². The van der Waals surface area contributed by atoms with Gasteiger partial charge in [0.05, 0.1) is 18.2 Å². The number of hydrogen-bond donors (Lipinski definition) is 1. The lowest BCUT2D eigenvalue weighted by Crippen LogP contribution is -2.35. The number of anilines is 2. The van der Waals surface area contributed by atoms with Gasteiger partial charge in [0.2, 0.25) is 20.0 Å². The zero-order valence-electron chi connectivity index (χ0n) is 8.78. The fourth-order valence-electron chi connectivity index (χ4n) is 1.27. The van der Waals surface area contributed by atoms with Gasteiger partial charge in [-0.1, -0.05) is 6.07 Å². The number of nitrogen functional groups attached to an aromatic ring is 1. The Balaban J connectivity index is 3.47. The number of hydrogen-bond acceptors (Lipinski definition) is 5. The van der Waals surface area contributed by atoms with Crippen molar-refractivity contribution in [3.8, 4) is 0 Å². The average molecular weight is 264 g/mol. The molecule has 0 heterocycles. The summed E-state index contributed by atoms with van der Waals surface area (Å²) in [6, 6.07) is 5.65. The van der Waals surface area contributed by atoms with Gasteiger partial charge >= 0.3 is 0 Å². The lowest BCUT2D eigenvalue weighted by molar-refractivity contribution is 0.591. The summed E-state index contributed by atoms with van der Waals surface area (Å²) in [5, 5.41) is 0. The Labute approximate surface area is 94.8 Å². The van der Waals surface area contributed by atoms with Gasteiger partial charge in [-0.05, 0) is 18.2 Å². The van der Waals surface area contributed by atoms with E-state index in [0.717, 1.165) is 12.5 Å². The number of nitrogens with two attached hydrogens (primary N) is 1. The van der Waals surface area contributed by atoms with E-state index < -0.39 is 20.0 Å². The molecule has 6 nitrogen and oxygen atoms in total. The number of nitrogens with zero attached hydrogens (tertiary/aromatic N) is 1. The normalized spacial score (nSPS) is 12.4. The molecule has 16 heavy (non-hydrogen) atoms. The van der Waals surface area contributed by atoms with Gasteiger partial charge in [-0.3, -0.25) is 0 Å². The van der Waals surface area contributed by atoms with Crippen molar-refractivity contribution in [2.75, 3.05) is 22.0 Å². The molecule has 1 aromatic carbocycles. The molecule has 0 aliphatic rings. The molecule has 0 aromatic heterocycles. The second-order valence-electron chi connectivity index (χ2n) is 3.32. The zero-order valence-corrected chi connectivity index (χ0v) is 10.4. The first kappa shape index (κ1) is 12.8. The van der Waals surface area contributed by atoms with Crippen molar-refractivity contribution in [2.24, 2.45) is 0 Å². The standard InChI is InChI=1S/C8H12N2O4S2/c1-15(11,12)10(16(2,13)14)8-5-3-4-7(9)6-8/h3-6H,9H2,1-2H3. The van der Waals surface area contributed by atoms with Crippen molar-refractivity contribution in [3.63, 3.8) is 0 Å². The van der Waals surface area contributed by atoms with Crippen LogP contribution in [0.4, 0.5) is 11.4 Å². The highest BCUT2D eigenvalue weighted by Crippen LogP contribution is 2.22. The highest BCUT2D eigenvalue weighted by atomic mass is 32.3. The third-order valence-corrected chi connectivity index (χ3v) is 4.93. The lowest BCUT2D eigenvalue weighted by Gasteiger charge is -2.19. The molecular weight excluding hydrogens is 252 g/mol.